The van der Waals surface area contributed by atoms with Gasteiger partial charge in [0, 0.05) is 18.7 Å². The van der Waals surface area contributed by atoms with E-state index in [1.54, 1.807) is 30.3 Å². The number of carboxylic acid groups (broad SMARTS) is 1. The zero-order chi connectivity index (χ0) is 29.7. The fourth-order valence-electron chi connectivity index (χ4n) is 3.76. The van der Waals surface area contributed by atoms with Crippen LogP contribution in [0.1, 0.15) is 24.8 Å². The molecule has 15 nitrogen and oxygen atoms in total. The van der Waals surface area contributed by atoms with Crippen molar-refractivity contribution in [3.05, 3.63) is 35.9 Å². The van der Waals surface area contributed by atoms with Crippen LogP contribution in [0.25, 0.3) is 0 Å². The van der Waals surface area contributed by atoms with Gasteiger partial charge in [0.15, 0.2) is 5.96 Å². The molecule has 1 aromatic carbocycles. The first-order valence-electron chi connectivity index (χ1n) is 12.4. The van der Waals surface area contributed by atoms with Crippen LogP contribution in [-0.2, 0) is 35.2 Å². The van der Waals surface area contributed by atoms with Crippen molar-refractivity contribution in [3.63, 3.8) is 0 Å². The van der Waals surface area contributed by atoms with Gasteiger partial charge < -0.3 is 43.2 Å². The molecular weight excluding hydrogens is 544 g/mol. The summed E-state index contributed by atoms with van der Waals surface area (Å²) in [6.45, 7) is -0.440. The summed E-state index contributed by atoms with van der Waals surface area (Å²) in [5, 5.41) is 21.5. The average molecular weight is 579 g/mol. The molecule has 218 valence electrons. The Morgan fingerprint density at radius 1 is 0.875 bits per heavy atom. The van der Waals surface area contributed by atoms with Gasteiger partial charge >= 0.3 is 5.97 Å². The van der Waals surface area contributed by atoms with Crippen molar-refractivity contribution in [1.29, 1.82) is 0 Å². The van der Waals surface area contributed by atoms with Crippen LogP contribution in [0.15, 0.2) is 35.3 Å². The lowest BCUT2D eigenvalue weighted by atomic mass is 10.0. The van der Waals surface area contributed by atoms with Gasteiger partial charge in [0.25, 0.3) is 0 Å². The number of carbonyl (C=O) groups is 6. The Bertz CT molecular complexity index is 1110. The maximum absolute atomic E-state index is 13.3. The largest absolute Gasteiger partial charge is 0.481 e. The number of carbonyl (C=O) groups excluding carboxylic acids is 5. The second-order valence-corrected chi connectivity index (χ2v) is 9.31. The van der Waals surface area contributed by atoms with Gasteiger partial charge in [-0.15, -0.1) is 0 Å². The molecule has 1 aromatic rings. The van der Waals surface area contributed by atoms with Crippen molar-refractivity contribution in [2.24, 2.45) is 16.5 Å². The molecule has 0 radical (unpaired) electrons. The number of aliphatic carboxylic acids is 1. The van der Waals surface area contributed by atoms with Crippen LogP contribution < -0.4 is 38.1 Å². The van der Waals surface area contributed by atoms with E-state index < -0.39 is 72.6 Å². The predicted molar refractivity (Wildman–Crippen MR) is 147 cm³/mol. The number of benzene rings is 1. The topological polar surface area (TPSA) is 247 Å². The van der Waals surface area contributed by atoms with Crippen molar-refractivity contribution >= 4 is 54.1 Å². The van der Waals surface area contributed by atoms with Crippen molar-refractivity contribution < 1.29 is 33.9 Å². The van der Waals surface area contributed by atoms with Crippen LogP contribution in [0.2, 0.25) is 0 Å². The normalized spacial score (nSPS) is 22.8. The number of guanidine groups is 1. The first kappa shape index (κ1) is 31.9. The number of aliphatic imine (C=N–C) groups is 1. The molecule has 5 amide bonds. The summed E-state index contributed by atoms with van der Waals surface area (Å²) in [6.07, 6.45) is -0.404. The lowest BCUT2D eigenvalue weighted by Crippen LogP contribution is -2.58. The number of nitrogens with zero attached hydrogens (tertiary/aromatic N) is 1. The minimum Gasteiger partial charge on any atom is -0.481 e. The molecule has 0 aromatic heterocycles. The molecule has 1 aliphatic heterocycles. The van der Waals surface area contributed by atoms with Crippen molar-refractivity contribution in [1.82, 2.24) is 26.6 Å². The number of hydrogen-bond acceptors (Lipinski definition) is 8. The number of carboxylic acids is 1. The van der Waals surface area contributed by atoms with Gasteiger partial charge in [-0.2, -0.15) is 12.6 Å². The molecule has 1 aliphatic rings. The van der Waals surface area contributed by atoms with Crippen LogP contribution >= 0.6 is 12.6 Å². The first-order valence-corrected chi connectivity index (χ1v) is 13.0. The Hall–Kier alpha value is -4.34. The number of nitrogens with two attached hydrogens (primary N) is 2. The SMILES string of the molecule is NC(N)=NCCC[C@@H]1NC(=O)[C@H](CS)NC(=O)[C@H](Cc2ccccc2)NC(=O)[C@H](CC(=O)O)NC(=O)CNC1=O. The van der Waals surface area contributed by atoms with Gasteiger partial charge in [-0.25, -0.2) is 0 Å². The molecule has 0 spiro atoms. The van der Waals surface area contributed by atoms with Gasteiger partial charge in [-0.1, -0.05) is 30.3 Å². The summed E-state index contributed by atoms with van der Waals surface area (Å²) in [5.74, 6) is -5.66. The third-order valence-electron chi connectivity index (χ3n) is 5.76. The number of rotatable bonds is 9. The highest BCUT2D eigenvalue weighted by Crippen LogP contribution is 2.07. The highest BCUT2D eigenvalue weighted by atomic mass is 32.1. The summed E-state index contributed by atoms with van der Waals surface area (Å²) < 4.78 is 0. The second kappa shape index (κ2) is 15.9. The number of nitrogens with one attached hydrogen (secondary N) is 5. The molecule has 0 bridgehead atoms. The standard InChI is InChI=1S/C24H34N8O7S/c25-24(26)27-8-4-7-14-20(36)28-11-18(33)29-16(10-19(34)35)22(38)31-15(9-13-5-2-1-3-6-13)21(37)32-17(12-40)23(39)30-14/h1-3,5-6,14-17,40H,4,7-12H2,(H,28,36)(H,29,33)(H,30,39)(H,31,38)(H,32,37)(H,34,35)(H4,25,26,27)/t14-,15-,16-,17-/m0/s1. The van der Waals surface area contributed by atoms with E-state index in [0.29, 0.717) is 12.0 Å². The predicted octanol–water partition coefficient (Wildman–Crippen LogP) is -3.24. The lowest BCUT2D eigenvalue weighted by Gasteiger charge is -2.25. The van der Waals surface area contributed by atoms with Crippen molar-refractivity contribution in [2.75, 3.05) is 18.8 Å². The number of thiol groups is 1. The minimum absolute atomic E-state index is 0.000516. The van der Waals surface area contributed by atoms with E-state index in [-0.39, 0.29) is 31.1 Å². The fraction of sp³-hybridized carbons (Fsp3) is 0.458. The summed E-state index contributed by atoms with van der Waals surface area (Å²) in [4.78, 5) is 79.9. The third kappa shape index (κ3) is 10.8. The quantitative estimate of drug-likeness (QED) is 0.0617. The Balaban J connectivity index is 2.38. The Morgan fingerprint density at radius 3 is 2.10 bits per heavy atom. The number of hydrogen-bond donors (Lipinski definition) is 9. The molecule has 4 atom stereocenters. The van der Waals surface area contributed by atoms with Crippen LogP contribution in [0.3, 0.4) is 0 Å². The van der Waals surface area contributed by atoms with Crippen LogP contribution in [0.5, 0.6) is 0 Å². The highest BCUT2D eigenvalue weighted by molar-refractivity contribution is 7.80. The summed E-state index contributed by atoms with van der Waals surface area (Å²) >= 11 is 4.15. The summed E-state index contributed by atoms with van der Waals surface area (Å²) in [6, 6.07) is 3.56. The molecule has 1 fully saturated rings. The van der Waals surface area contributed by atoms with Crippen LogP contribution in [0.4, 0.5) is 0 Å². The zero-order valence-electron chi connectivity index (χ0n) is 21.6. The Morgan fingerprint density at radius 2 is 1.48 bits per heavy atom. The molecule has 1 heterocycles. The molecule has 40 heavy (non-hydrogen) atoms. The summed E-state index contributed by atoms with van der Waals surface area (Å²) in [7, 11) is 0. The molecule has 2 rings (SSSR count). The van der Waals surface area contributed by atoms with E-state index in [9.17, 15) is 33.9 Å². The van der Waals surface area contributed by atoms with E-state index in [1.165, 1.54) is 0 Å². The smallest absolute Gasteiger partial charge is 0.305 e. The van der Waals surface area contributed by atoms with Crippen molar-refractivity contribution in [2.45, 2.75) is 49.9 Å². The second-order valence-electron chi connectivity index (χ2n) is 8.94. The van der Waals surface area contributed by atoms with Gasteiger partial charge in [0.2, 0.25) is 29.5 Å². The summed E-state index contributed by atoms with van der Waals surface area (Å²) in [5.41, 5.74) is 11.3. The Labute approximate surface area is 235 Å². The highest BCUT2D eigenvalue weighted by Gasteiger charge is 2.32. The first-order chi connectivity index (χ1) is 19.0. The number of amides is 5. The van der Waals surface area contributed by atoms with Gasteiger partial charge in [0.1, 0.15) is 24.2 Å². The van der Waals surface area contributed by atoms with E-state index >= 15 is 0 Å². The molecule has 10 N–H and O–H groups in total. The lowest BCUT2D eigenvalue weighted by molar-refractivity contribution is -0.141. The molecule has 16 heteroatoms. The van der Waals surface area contributed by atoms with Crippen LogP contribution in [0, 0.1) is 0 Å². The molecule has 0 aliphatic carbocycles. The molecule has 0 saturated carbocycles. The van der Waals surface area contributed by atoms with Crippen molar-refractivity contribution in [3.8, 4) is 0 Å². The Kier molecular flexibility index (Phi) is 12.7. The van der Waals surface area contributed by atoms with Gasteiger partial charge in [-0.3, -0.25) is 33.8 Å². The zero-order valence-corrected chi connectivity index (χ0v) is 22.5. The fourth-order valence-corrected chi connectivity index (χ4v) is 4.02. The average Bonchev–Trinajstić information content (AvgIpc) is 2.90. The van der Waals surface area contributed by atoms with Crippen LogP contribution in [-0.4, -0.2) is 89.6 Å². The van der Waals surface area contributed by atoms with E-state index in [0.717, 1.165) is 0 Å². The monoisotopic (exact) mass is 578 g/mol. The minimum atomic E-state index is -1.55. The maximum Gasteiger partial charge on any atom is 0.305 e. The maximum atomic E-state index is 13.3. The molecule has 0 unspecified atom stereocenters. The van der Waals surface area contributed by atoms with Gasteiger partial charge in [0.05, 0.1) is 13.0 Å². The molecule has 1 saturated heterocycles. The van der Waals surface area contributed by atoms with E-state index in [1.807, 2.05) is 0 Å². The third-order valence-corrected chi connectivity index (χ3v) is 6.13. The van der Waals surface area contributed by atoms with E-state index in [2.05, 4.69) is 44.2 Å². The van der Waals surface area contributed by atoms with E-state index in [4.69, 9.17) is 11.5 Å². The van der Waals surface area contributed by atoms with Gasteiger partial charge in [-0.05, 0) is 18.4 Å². The molecular formula is C24H34N8O7S.